The van der Waals surface area contributed by atoms with E-state index in [4.69, 9.17) is 10.5 Å². The third-order valence-electron chi connectivity index (χ3n) is 3.66. The van der Waals surface area contributed by atoms with Crippen molar-refractivity contribution in [1.29, 1.82) is 0 Å². The Kier molecular flexibility index (Phi) is 5.66. The summed E-state index contributed by atoms with van der Waals surface area (Å²) in [4.78, 5) is 35.4. The number of benzene rings is 1. The number of aliphatic carboxylic acids is 1. The van der Waals surface area contributed by atoms with Crippen LogP contribution in [0.15, 0.2) is 18.2 Å². The average molecular weight is 338 g/mol. The highest BCUT2D eigenvalue weighted by Crippen LogP contribution is 2.25. The minimum absolute atomic E-state index is 0.0188. The minimum atomic E-state index is -1.10. The molecule has 0 aromatic heterocycles. The second-order valence-electron chi connectivity index (χ2n) is 5.29. The smallest absolute Gasteiger partial charge is 0.321 e. The Hall–Kier alpha value is -2.72. The number of anilines is 2. The maximum absolute atomic E-state index is 12.1. The van der Waals surface area contributed by atoms with Gasteiger partial charge in [-0.2, -0.15) is 0 Å². The summed E-state index contributed by atoms with van der Waals surface area (Å²) in [5.41, 5.74) is 5.33. The molecule has 1 aliphatic heterocycles. The molecule has 1 unspecified atom stereocenters. The third-order valence-corrected chi connectivity index (χ3v) is 3.66. The van der Waals surface area contributed by atoms with Crippen LogP contribution in [-0.2, 0) is 14.3 Å². The van der Waals surface area contributed by atoms with Crippen LogP contribution in [-0.4, -0.2) is 59.2 Å². The summed E-state index contributed by atoms with van der Waals surface area (Å²) >= 11 is 0. The summed E-state index contributed by atoms with van der Waals surface area (Å²) in [5.74, 6) is -1.65. The van der Waals surface area contributed by atoms with Gasteiger partial charge in [0, 0.05) is 24.8 Å². The van der Waals surface area contributed by atoms with Crippen molar-refractivity contribution in [3.63, 3.8) is 0 Å². The van der Waals surface area contributed by atoms with Crippen LogP contribution in [0.5, 0.6) is 0 Å². The van der Waals surface area contributed by atoms with Crippen molar-refractivity contribution >= 4 is 28.9 Å². The van der Waals surface area contributed by atoms with E-state index in [2.05, 4.69) is 5.32 Å². The lowest BCUT2D eigenvalue weighted by Crippen LogP contribution is -2.48. The lowest BCUT2D eigenvalue weighted by atomic mass is 10.1. The van der Waals surface area contributed by atoms with Crippen molar-refractivity contribution in [1.82, 2.24) is 4.90 Å². The van der Waals surface area contributed by atoms with Gasteiger partial charge in [0.05, 0.1) is 24.6 Å². The molecule has 0 spiro atoms. The number of carboxylic acid groups (broad SMARTS) is 1. The van der Waals surface area contributed by atoms with E-state index in [9.17, 15) is 24.8 Å². The average Bonchev–Trinajstić information content (AvgIpc) is 2.54. The van der Waals surface area contributed by atoms with Crippen LogP contribution < -0.4 is 11.1 Å². The van der Waals surface area contributed by atoms with Crippen LogP contribution in [0.4, 0.5) is 17.1 Å². The van der Waals surface area contributed by atoms with Crippen LogP contribution in [0.1, 0.15) is 6.42 Å². The number of carbonyl (C=O) groups is 2. The molecule has 0 aliphatic carbocycles. The zero-order chi connectivity index (χ0) is 17.7. The molecule has 2 rings (SSSR count). The Morgan fingerprint density at radius 1 is 1.42 bits per heavy atom. The highest BCUT2D eigenvalue weighted by Gasteiger charge is 2.29. The number of nitrogens with zero attached hydrogens (tertiary/aromatic N) is 2. The van der Waals surface area contributed by atoms with Gasteiger partial charge in [-0.15, -0.1) is 0 Å². The van der Waals surface area contributed by atoms with Crippen LogP contribution >= 0.6 is 0 Å². The van der Waals surface area contributed by atoms with Gasteiger partial charge in [-0.25, -0.2) is 0 Å². The maximum Gasteiger partial charge on any atom is 0.321 e. The molecule has 10 nitrogen and oxygen atoms in total. The molecule has 24 heavy (non-hydrogen) atoms. The number of ether oxygens (including phenoxy) is 1. The van der Waals surface area contributed by atoms with Crippen molar-refractivity contribution in [3.8, 4) is 0 Å². The largest absolute Gasteiger partial charge is 0.480 e. The van der Waals surface area contributed by atoms with Crippen LogP contribution in [0.2, 0.25) is 0 Å². The molecule has 0 bridgehead atoms. The highest BCUT2D eigenvalue weighted by molar-refractivity contribution is 5.94. The van der Waals surface area contributed by atoms with E-state index >= 15 is 0 Å². The molecule has 1 aromatic rings. The molecule has 10 heteroatoms. The zero-order valence-electron chi connectivity index (χ0n) is 12.8. The maximum atomic E-state index is 12.1. The van der Waals surface area contributed by atoms with Gasteiger partial charge in [0.25, 0.3) is 5.69 Å². The number of rotatable bonds is 6. The van der Waals surface area contributed by atoms with E-state index in [1.54, 1.807) is 4.90 Å². The van der Waals surface area contributed by atoms with Gasteiger partial charge in [-0.1, -0.05) is 0 Å². The number of carboxylic acids is 1. The minimum Gasteiger partial charge on any atom is -0.480 e. The van der Waals surface area contributed by atoms with Crippen LogP contribution in [0, 0.1) is 10.1 Å². The molecule has 4 N–H and O–H groups in total. The third kappa shape index (κ3) is 4.40. The quantitative estimate of drug-likeness (QED) is 0.381. The van der Waals surface area contributed by atoms with Crippen molar-refractivity contribution in [2.24, 2.45) is 0 Å². The number of hydrogen-bond acceptors (Lipinski definition) is 7. The fraction of sp³-hybridized carbons (Fsp3) is 0.429. The van der Waals surface area contributed by atoms with Gasteiger partial charge >= 0.3 is 5.97 Å². The van der Waals surface area contributed by atoms with Crippen LogP contribution in [0.3, 0.4) is 0 Å². The summed E-state index contributed by atoms with van der Waals surface area (Å²) in [7, 11) is 0. The van der Waals surface area contributed by atoms with E-state index in [0.717, 1.165) is 6.07 Å². The second kappa shape index (κ2) is 7.70. The van der Waals surface area contributed by atoms with Crippen molar-refractivity contribution in [3.05, 3.63) is 28.3 Å². The number of nitro benzene ring substituents is 1. The summed E-state index contributed by atoms with van der Waals surface area (Å²) < 4.78 is 5.17. The predicted octanol–water partition coefficient (Wildman–Crippen LogP) is 0.291. The first kappa shape index (κ1) is 17.6. The lowest BCUT2D eigenvalue weighted by molar-refractivity contribution is -0.383. The number of carbonyl (C=O) groups excluding carboxylic acids is 1. The number of hydrogen-bond donors (Lipinski definition) is 3. The van der Waals surface area contributed by atoms with E-state index in [0.29, 0.717) is 26.3 Å². The molecular formula is C14H18N4O6. The van der Waals surface area contributed by atoms with Crippen LogP contribution in [0.25, 0.3) is 0 Å². The molecule has 1 saturated heterocycles. The van der Waals surface area contributed by atoms with Crippen molar-refractivity contribution in [2.45, 2.75) is 12.5 Å². The number of morpholine rings is 1. The molecule has 1 heterocycles. The Bertz CT molecular complexity index is 644. The van der Waals surface area contributed by atoms with Gasteiger partial charge < -0.3 is 20.9 Å². The van der Waals surface area contributed by atoms with E-state index < -0.39 is 22.8 Å². The lowest BCUT2D eigenvalue weighted by Gasteiger charge is -2.31. The SMILES string of the molecule is Nc1ccc(NC(=O)CC(C(=O)O)N2CCOCC2)cc1[N+](=O)[O-]. The molecule has 1 aliphatic rings. The molecule has 0 saturated carbocycles. The number of nitrogens with two attached hydrogens (primary N) is 1. The molecule has 0 radical (unpaired) electrons. The van der Waals surface area contributed by atoms with Crippen molar-refractivity contribution in [2.75, 3.05) is 37.4 Å². The summed E-state index contributed by atoms with van der Waals surface area (Å²) in [6, 6.07) is 2.89. The molecule has 1 atom stereocenters. The highest BCUT2D eigenvalue weighted by atomic mass is 16.6. The number of nitrogen functional groups attached to an aromatic ring is 1. The number of amides is 1. The first-order chi connectivity index (χ1) is 11.4. The zero-order valence-corrected chi connectivity index (χ0v) is 12.8. The molecule has 1 amide bonds. The Balaban J connectivity index is 2.04. The fourth-order valence-corrected chi connectivity index (χ4v) is 2.43. The first-order valence-electron chi connectivity index (χ1n) is 7.27. The Morgan fingerprint density at radius 2 is 2.08 bits per heavy atom. The van der Waals surface area contributed by atoms with Crippen molar-refractivity contribution < 1.29 is 24.4 Å². The summed E-state index contributed by atoms with van der Waals surface area (Å²) in [5, 5.41) is 22.6. The van der Waals surface area contributed by atoms with Gasteiger partial charge in [0.15, 0.2) is 0 Å². The predicted molar refractivity (Wildman–Crippen MR) is 84.6 cm³/mol. The summed E-state index contributed by atoms with van der Waals surface area (Å²) in [6.45, 7) is 1.68. The normalized spacial score (nSPS) is 16.3. The second-order valence-corrected chi connectivity index (χ2v) is 5.29. The standard InChI is InChI=1S/C14H18N4O6/c15-10-2-1-9(7-11(10)18(22)23)16-13(19)8-12(14(20)21)17-3-5-24-6-4-17/h1-2,7,12H,3-6,8,15H2,(H,16,19)(H,20,21). The summed E-state index contributed by atoms with van der Waals surface area (Å²) in [6.07, 6.45) is -0.270. The molecular weight excluding hydrogens is 320 g/mol. The van der Waals surface area contributed by atoms with Gasteiger partial charge in [0.1, 0.15) is 11.7 Å². The molecule has 130 valence electrons. The fourth-order valence-electron chi connectivity index (χ4n) is 2.43. The number of nitro groups is 1. The van der Waals surface area contributed by atoms with E-state index in [-0.39, 0.29) is 23.5 Å². The Labute approximate surface area is 137 Å². The van der Waals surface area contributed by atoms with Gasteiger partial charge in [-0.05, 0) is 12.1 Å². The molecule has 1 aromatic carbocycles. The van der Waals surface area contributed by atoms with E-state index in [1.165, 1.54) is 12.1 Å². The first-order valence-corrected chi connectivity index (χ1v) is 7.27. The molecule has 1 fully saturated rings. The Morgan fingerprint density at radius 3 is 2.67 bits per heavy atom. The topological polar surface area (TPSA) is 148 Å². The number of nitrogens with one attached hydrogen (secondary N) is 1. The van der Waals surface area contributed by atoms with E-state index in [1.807, 2.05) is 0 Å². The van der Waals surface area contributed by atoms with Gasteiger partial charge in [-0.3, -0.25) is 24.6 Å². The van der Waals surface area contributed by atoms with Gasteiger partial charge in [0.2, 0.25) is 5.91 Å². The monoisotopic (exact) mass is 338 g/mol.